The molecule has 2 fully saturated rings. The van der Waals surface area contributed by atoms with Crippen LogP contribution in [0.1, 0.15) is 38.2 Å². The summed E-state index contributed by atoms with van der Waals surface area (Å²) in [6, 6.07) is 8.13. The number of hydrogen-bond donors (Lipinski definition) is 2. The summed E-state index contributed by atoms with van der Waals surface area (Å²) >= 11 is 0. The van der Waals surface area contributed by atoms with Crippen LogP contribution in [-0.2, 0) is 16.1 Å². The summed E-state index contributed by atoms with van der Waals surface area (Å²) in [6.45, 7) is 5.98. The third-order valence-electron chi connectivity index (χ3n) is 4.61. The van der Waals surface area contributed by atoms with Crippen molar-refractivity contribution >= 4 is 17.6 Å². The number of nitrogens with zero attached hydrogens (tertiary/aromatic N) is 2. The minimum Gasteiger partial charge on any atom is -0.376 e. The van der Waals surface area contributed by atoms with Crippen LogP contribution in [0.5, 0.6) is 0 Å². The normalized spacial score (nSPS) is 21.0. The topological polar surface area (TPSA) is 66.0 Å². The fourth-order valence-electron chi connectivity index (χ4n) is 3.23. The molecule has 3 rings (SSSR count). The van der Waals surface area contributed by atoms with Crippen molar-refractivity contribution in [1.29, 1.82) is 0 Å². The zero-order valence-corrected chi connectivity index (χ0v) is 15.0. The van der Waals surface area contributed by atoms with Crippen LogP contribution in [0.2, 0.25) is 0 Å². The minimum atomic E-state index is 0.221. The molecular formula is C19H28N4O2. The monoisotopic (exact) mass is 344 g/mol. The van der Waals surface area contributed by atoms with Crippen molar-refractivity contribution in [3.8, 4) is 0 Å². The molecule has 0 aromatic heterocycles. The van der Waals surface area contributed by atoms with Crippen LogP contribution in [0.4, 0.5) is 5.69 Å². The summed E-state index contributed by atoms with van der Waals surface area (Å²) in [4.78, 5) is 18.3. The van der Waals surface area contributed by atoms with Crippen molar-refractivity contribution in [2.24, 2.45) is 4.99 Å². The molecule has 0 spiro atoms. The maximum atomic E-state index is 11.8. The molecule has 6 heteroatoms. The Hall–Kier alpha value is -2.08. The van der Waals surface area contributed by atoms with E-state index in [9.17, 15) is 4.79 Å². The second-order valence-electron chi connectivity index (χ2n) is 6.53. The predicted octanol–water partition coefficient (Wildman–Crippen LogP) is 2.05. The van der Waals surface area contributed by atoms with Gasteiger partial charge >= 0.3 is 0 Å². The number of nitrogens with one attached hydrogen (secondary N) is 2. The maximum absolute atomic E-state index is 11.8. The molecule has 1 amide bonds. The lowest BCUT2D eigenvalue weighted by molar-refractivity contribution is -0.117. The second kappa shape index (κ2) is 8.85. The number of anilines is 1. The van der Waals surface area contributed by atoms with Crippen molar-refractivity contribution in [3.05, 3.63) is 29.8 Å². The largest absolute Gasteiger partial charge is 0.376 e. The molecule has 1 unspecified atom stereocenters. The first kappa shape index (κ1) is 17.7. The molecule has 2 aliphatic rings. The first-order valence-electron chi connectivity index (χ1n) is 9.29. The Morgan fingerprint density at radius 3 is 2.76 bits per heavy atom. The second-order valence-corrected chi connectivity index (χ2v) is 6.53. The quantitative estimate of drug-likeness (QED) is 0.612. The van der Waals surface area contributed by atoms with E-state index in [-0.39, 0.29) is 5.91 Å². The van der Waals surface area contributed by atoms with E-state index in [1.807, 2.05) is 29.2 Å². The highest BCUT2D eigenvalue weighted by Crippen LogP contribution is 2.21. The van der Waals surface area contributed by atoms with E-state index >= 15 is 0 Å². The Balaban J connectivity index is 1.55. The highest BCUT2D eigenvalue weighted by molar-refractivity contribution is 5.95. The zero-order valence-electron chi connectivity index (χ0n) is 15.0. The molecule has 2 saturated heterocycles. The van der Waals surface area contributed by atoms with Gasteiger partial charge in [0.1, 0.15) is 0 Å². The highest BCUT2D eigenvalue weighted by atomic mass is 16.5. The lowest BCUT2D eigenvalue weighted by Crippen LogP contribution is -2.41. The first-order chi connectivity index (χ1) is 12.3. The summed E-state index contributed by atoms with van der Waals surface area (Å²) in [5, 5.41) is 6.62. The van der Waals surface area contributed by atoms with E-state index in [0.717, 1.165) is 62.7 Å². The van der Waals surface area contributed by atoms with Gasteiger partial charge in [0.05, 0.1) is 12.6 Å². The van der Waals surface area contributed by atoms with Gasteiger partial charge in [0.2, 0.25) is 5.91 Å². The summed E-state index contributed by atoms with van der Waals surface area (Å²) < 4.78 is 5.64. The molecule has 6 nitrogen and oxygen atoms in total. The number of rotatable bonds is 6. The van der Waals surface area contributed by atoms with Gasteiger partial charge in [-0.2, -0.15) is 0 Å². The fraction of sp³-hybridized carbons (Fsp3) is 0.579. The minimum absolute atomic E-state index is 0.221. The van der Waals surface area contributed by atoms with Gasteiger partial charge in [-0.05, 0) is 43.9 Å². The van der Waals surface area contributed by atoms with Gasteiger partial charge < -0.3 is 20.3 Å². The van der Waals surface area contributed by atoms with E-state index in [1.165, 1.54) is 0 Å². The molecule has 0 aliphatic carbocycles. The van der Waals surface area contributed by atoms with Gasteiger partial charge in [0.15, 0.2) is 5.96 Å². The molecule has 0 saturated carbocycles. The maximum Gasteiger partial charge on any atom is 0.227 e. The Morgan fingerprint density at radius 2 is 2.12 bits per heavy atom. The fourth-order valence-corrected chi connectivity index (χ4v) is 3.23. The number of benzene rings is 1. The van der Waals surface area contributed by atoms with Crippen molar-refractivity contribution in [3.63, 3.8) is 0 Å². The zero-order chi connectivity index (χ0) is 17.5. The van der Waals surface area contributed by atoms with Gasteiger partial charge in [-0.3, -0.25) is 4.79 Å². The molecule has 2 aliphatic heterocycles. The van der Waals surface area contributed by atoms with Crippen LogP contribution in [-0.4, -0.2) is 44.2 Å². The van der Waals surface area contributed by atoms with Crippen LogP contribution in [0.15, 0.2) is 29.3 Å². The lowest BCUT2D eigenvalue weighted by Gasteiger charge is -2.16. The summed E-state index contributed by atoms with van der Waals surface area (Å²) in [7, 11) is 0. The molecule has 136 valence electrons. The Bertz CT molecular complexity index is 594. The third-order valence-corrected chi connectivity index (χ3v) is 4.61. The molecule has 0 bridgehead atoms. The van der Waals surface area contributed by atoms with Gasteiger partial charge in [-0.1, -0.05) is 12.1 Å². The van der Waals surface area contributed by atoms with E-state index < -0.39 is 0 Å². The molecule has 1 atom stereocenters. The summed E-state index contributed by atoms with van der Waals surface area (Å²) in [6.07, 6.45) is 4.16. The number of carbonyl (C=O) groups is 1. The van der Waals surface area contributed by atoms with Crippen LogP contribution < -0.4 is 15.5 Å². The lowest BCUT2D eigenvalue weighted by atomic mass is 10.2. The summed E-state index contributed by atoms with van der Waals surface area (Å²) in [5.74, 6) is 1.04. The summed E-state index contributed by atoms with van der Waals surface area (Å²) in [5.41, 5.74) is 2.11. The molecule has 0 radical (unpaired) electrons. The van der Waals surface area contributed by atoms with E-state index in [2.05, 4.69) is 22.5 Å². The molecule has 25 heavy (non-hydrogen) atoms. The Kier molecular flexibility index (Phi) is 6.28. The number of guanidine groups is 1. The predicted molar refractivity (Wildman–Crippen MR) is 99.8 cm³/mol. The number of amides is 1. The number of aliphatic imine (C=N–C) groups is 1. The highest BCUT2D eigenvalue weighted by Gasteiger charge is 2.21. The van der Waals surface area contributed by atoms with Crippen molar-refractivity contribution in [2.45, 2.75) is 45.3 Å². The van der Waals surface area contributed by atoms with Gasteiger partial charge in [-0.25, -0.2) is 4.99 Å². The van der Waals surface area contributed by atoms with Crippen LogP contribution >= 0.6 is 0 Å². The average Bonchev–Trinajstić information content (AvgIpc) is 3.29. The van der Waals surface area contributed by atoms with Crippen molar-refractivity contribution in [1.82, 2.24) is 10.6 Å². The average molecular weight is 344 g/mol. The molecule has 2 N–H and O–H groups in total. The smallest absolute Gasteiger partial charge is 0.227 e. The molecule has 2 heterocycles. The number of carbonyl (C=O) groups excluding carboxylic acids is 1. The SMILES string of the molecule is CCNC(=NCc1ccc(N2CCCC2=O)cc1)NCC1CCCO1. The molecular weight excluding hydrogens is 316 g/mol. The van der Waals surface area contributed by atoms with Gasteiger partial charge in [0.25, 0.3) is 0 Å². The molecule has 1 aromatic carbocycles. The molecule has 1 aromatic rings. The third kappa shape index (κ3) is 4.95. The van der Waals surface area contributed by atoms with Gasteiger partial charge in [-0.15, -0.1) is 0 Å². The van der Waals surface area contributed by atoms with Crippen molar-refractivity contribution < 1.29 is 9.53 Å². The van der Waals surface area contributed by atoms with Crippen LogP contribution in [0.3, 0.4) is 0 Å². The van der Waals surface area contributed by atoms with Gasteiger partial charge in [0, 0.05) is 38.3 Å². The first-order valence-corrected chi connectivity index (χ1v) is 9.29. The van der Waals surface area contributed by atoms with Crippen LogP contribution in [0, 0.1) is 0 Å². The Morgan fingerprint density at radius 1 is 1.28 bits per heavy atom. The Labute approximate surface area is 149 Å². The van der Waals surface area contributed by atoms with E-state index in [4.69, 9.17) is 4.74 Å². The van der Waals surface area contributed by atoms with Crippen molar-refractivity contribution in [2.75, 3.05) is 31.1 Å². The van der Waals surface area contributed by atoms with Crippen LogP contribution in [0.25, 0.3) is 0 Å². The number of hydrogen-bond acceptors (Lipinski definition) is 3. The van der Waals surface area contributed by atoms with E-state index in [0.29, 0.717) is 19.1 Å². The number of ether oxygens (including phenoxy) is 1. The van der Waals surface area contributed by atoms with E-state index in [1.54, 1.807) is 0 Å². The standard InChI is InChI=1S/C19H28N4O2/c1-2-20-19(22-14-17-5-4-12-25-17)21-13-15-7-9-16(10-8-15)23-11-3-6-18(23)24/h7-10,17H,2-6,11-14H2,1H3,(H2,20,21,22).